The highest BCUT2D eigenvalue weighted by Crippen LogP contribution is 2.17. The Kier molecular flexibility index (Phi) is 5.50. The summed E-state index contributed by atoms with van der Waals surface area (Å²) in [6.45, 7) is 3.63. The molecular formula is C16H20N4O3S. The largest absolute Gasteiger partial charge is 0.349 e. The summed E-state index contributed by atoms with van der Waals surface area (Å²) in [6, 6.07) is 6.95. The third-order valence-electron chi connectivity index (χ3n) is 3.31. The predicted molar refractivity (Wildman–Crippen MR) is 92.0 cm³/mol. The lowest BCUT2D eigenvalue weighted by molar-refractivity contribution is -0.119. The summed E-state index contributed by atoms with van der Waals surface area (Å²) in [7, 11) is -3.57. The quantitative estimate of drug-likeness (QED) is 0.846. The number of aromatic nitrogens is 2. The molecule has 0 spiro atoms. The maximum atomic E-state index is 12.1. The van der Waals surface area contributed by atoms with Crippen molar-refractivity contribution >= 4 is 21.6 Å². The van der Waals surface area contributed by atoms with E-state index in [9.17, 15) is 13.2 Å². The molecule has 7 nitrogen and oxygen atoms in total. The van der Waals surface area contributed by atoms with Crippen LogP contribution in [0.2, 0.25) is 0 Å². The minimum Gasteiger partial charge on any atom is -0.349 e. The third kappa shape index (κ3) is 5.02. The van der Waals surface area contributed by atoms with Gasteiger partial charge in [0.15, 0.2) is 0 Å². The molecule has 2 aromatic rings. The van der Waals surface area contributed by atoms with E-state index >= 15 is 0 Å². The molecule has 0 fully saturated rings. The van der Waals surface area contributed by atoms with E-state index in [1.54, 1.807) is 36.7 Å². The molecule has 0 radical (unpaired) electrons. The lowest BCUT2D eigenvalue weighted by Gasteiger charge is -2.22. The number of aryl methyl sites for hydroxylation is 2. The summed E-state index contributed by atoms with van der Waals surface area (Å²) in [5, 5.41) is 2.65. The summed E-state index contributed by atoms with van der Waals surface area (Å²) < 4.78 is 25.0. The molecule has 0 atom stereocenters. The Labute approximate surface area is 141 Å². The molecule has 1 aromatic heterocycles. The zero-order valence-corrected chi connectivity index (χ0v) is 14.7. The Morgan fingerprint density at radius 1 is 1.12 bits per heavy atom. The number of hydrogen-bond donors (Lipinski definition) is 1. The molecule has 24 heavy (non-hydrogen) atoms. The molecule has 0 saturated heterocycles. The summed E-state index contributed by atoms with van der Waals surface area (Å²) in [4.78, 5) is 20.3. The van der Waals surface area contributed by atoms with Crippen LogP contribution in [0, 0.1) is 13.8 Å². The number of nitrogens with one attached hydrogen (secondary N) is 1. The Morgan fingerprint density at radius 2 is 1.79 bits per heavy atom. The molecule has 1 aromatic carbocycles. The zero-order chi connectivity index (χ0) is 17.7. The second-order valence-electron chi connectivity index (χ2n) is 5.53. The standard InChI is InChI=1S/C16H20N4O3S/c1-12-4-6-15(7-5-12)20(24(3,22)23)11-16(21)19-10-14-9-17-13(2)8-18-14/h4-9H,10-11H2,1-3H3,(H,19,21). The fourth-order valence-corrected chi connectivity index (χ4v) is 2.85. The van der Waals surface area contributed by atoms with Crippen LogP contribution in [0.3, 0.4) is 0 Å². The minimum atomic E-state index is -3.57. The Morgan fingerprint density at radius 3 is 2.33 bits per heavy atom. The number of anilines is 1. The molecule has 0 aliphatic heterocycles. The van der Waals surface area contributed by atoms with Crippen molar-refractivity contribution in [2.45, 2.75) is 20.4 Å². The number of nitrogens with zero attached hydrogens (tertiary/aromatic N) is 3. The second-order valence-corrected chi connectivity index (χ2v) is 7.44. The number of carbonyl (C=O) groups is 1. The maximum absolute atomic E-state index is 12.1. The molecule has 1 amide bonds. The molecule has 2 rings (SSSR count). The van der Waals surface area contributed by atoms with Crippen molar-refractivity contribution < 1.29 is 13.2 Å². The zero-order valence-electron chi connectivity index (χ0n) is 13.9. The van der Waals surface area contributed by atoms with E-state index in [1.807, 2.05) is 13.8 Å². The molecule has 0 saturated carbocycles. The van der Waals surface area contributed by atoms with Crippen LogP contribution in [-0.2, 0) is 21.4 Å². The fraction of sp³-hybridized carbons (Fsp3) is 0.312. The normalized spacial score (nSPS) is 11.1. The molecule has 0 aliphatic rings. The summed E-state index contributed by atoms with van der Waals surface area (Å²) in [6.07, 6.45) is 4.26. The number of hydrogen-bond acceptors (Lipinski definition) is 5. The number of benzene rings is 1. The van der Waals surface area contributed by atoms with Crippen LogP contribution >= 0.6 is 0 Å². The Hall–Kier alpha value is -2.48. The summed E-state index contributed by atoms with van der Waals surface area (Å²) in [5.74, 6) is -0.414. The smallest absolute Gasteiger partial charge is 0.241 e. The van der Waals surface area contributed by atoms with Gasteiger partial charge in [0.05, 0.1) is 36.1 Å². The fourth-order valence-electron chi connectivity index (χ4n) is 2.00. The highest BCUT2D eigenvalue weighted by atomic mass is 32.2. The molecule has 0 bridgehead atoms. The Balaban J connectivity index is 2.05. The van der Waals surface area contributed by atoms with Crippen LogP contribution in [0.15, 0.2) is 36.7 Å². The maximum Gasteiger partial charge on any atom is 0.241 e. The van der Waals surface area contributed by atoms with Crippen molar-refractivity contribution in [1.82, 2.24) is 15.3 Å². The molecule has 1 heterocycles. The van der Waals surface area contributed by atoms with Gasteiger partial charge in [0.2, 0.25) is 15.9 Å². The van der Waals surface area contributed by atoms with E-state index < -0.39 is 15.9 Å². The van der Waals surface area contributed by atoms with Crippen LogP contribution in [0.1, 0.15) is 17.0 Å². The van der Waals surface area contributed by atoms with Gasteiger partial charge in [0.1, 0.15) is 6.54 Å². The van der Waals surface area contributed by atoms with Gasteiger partial charge in [0.25, 0.3) is 0 Å². The second kappa shape index (κ2) is 7.39. The summed E-state index contributed by atoms with van der Waals surface area (Å²) >= 11 is 0. The molecule has 1 N–H and O–H groups in total. The van der Waals surface area contributed by atoms with Gasteiger partial charge in [-0.25, -0.2) is 8.42 Å². The average molecular weight is 348 g/mol. The predicted octanol–water partition coefficient (Wildman–Crippen LogP) is 1.18. The minimum absolute atomic E-state index is 0.192. The molecule has 0 unspecified atom stereocenters. The third-order valence-corrected chi connectivity index (χ3v) is 4.45. The molecule has 8 heteroatoms. The van der Waals surface area contributed by atoms with Gasteiger partial charge in [0, 0.05) is 6.20 Å². The van der Waals surface area contributed by atoms with Gasteiger partial charge >= 0.3 is 0 Å². The number of sulfonamides is 1. The van der Waals surface area contributed by atoms with Gasteiger partial charge in [-0.05, 0) is 26.0 Å². The average Bonchev–Trinajstić information content (AvgIpc) is 2.52. The van der Waals surface area contributed by atoms with Crippen LogP contribution < -0.4 is 9.62 Å². The first-order valence-corrected chi connectivity index (χ1v) is 9.19. The van der Waals surface area contributed by atoms with Crippen LogP contribution in [-0.4, -0.2) is 37.1 Å². The van der Waals surface area contributed by atoms with Crippen molar-refractivity contribution in [3.05, 3.63) is 53.6 Å². The van der Waals surface area contributed by atoms with Gasteiger partial charge in [-0.2, -0.15) is 0 Å². The Bertz CT molecular complexity index is 802. The van der Waals surface area contributed by atoms with E-state index in [0.29, 0.717) is 11.4 Å². The van der Waals surface area contributed by atoms with Crippen LogP contribution in [0.5, 0.6) is 0 Å². The molecule has 0 aliphatic carbocycles. The number of rotatable bonds is 6. The van der Waals surface area contributed by atoms with Crippen molar-refractivity contribution in [3.8, 4) is 0 Å². The van der Waals surface area contributed by atoms with Gasteiger partial charge in [-0.1, -0.05) is 17.7 Å². The van der Waals surface area contributed by atoms with Gasteiger partial charge < -0.3 is 5.32 Å². The van der Waals surface area contributed by atoms with E-state index in [4.69, 9.17) is 0 Å². The highest BCUT2D eigenvalue weighted by molar-refractivity contribution is 7.92. The van der Waals surface area contributed by atoms with Crippen molar-refractivity contribution in [2.75, 3.05) is 17.1 Å². The van der Waals surface area contributed by atoms with Crippen molar-refractivity contribution in [2.24, 2.45) is 0 Å². The lowest BCUT2D eigenvalue weighted by atomic mass is 10.2. The van der Waals surface area contributed by atoms with Crippen LogP contribution in [0.25, 0.3) is 0 Å². The number of carbonyl (C=O) groups excluding carboxylic acids is 1. The van der Waals surface area contributed by atoms with Gasteiger partial charge in [-0.3, -0.25) is 19.1 Å². The number of amides is 1. The van der Waals surface area contributed by atoms with Crippen molar-refractivity contribution in [1.29, 1.82) is 0 Å². The van der Waals surface area contributed by atoms with E-state index in [0.717, 1.165) is 21.8 Å². The lowest BCUT2D eigenvalue weighted by Crippen LogP contribution is -2.40. The van der Waals surface area contributed by atoms with Crippen LogP contribution in [0.4, 0.5) is 5.69 Å². The molecular weight excluding hydrogens is 328 g/mol. The SMILES string of the molecule is Cc1ccc(N(CC(=O)NCc2cnc(C)cn2)S(C)(=O)=O)cc1. The van der Waals surface area contributed by atoms with Crippen molar-refractivity contribution in [3.63, 3.8) is 0 Å². The van der Waals surface area contributed by atoms with E-state index in [-0.39, 0.29) is 13.1 Å². The topological polar surface area (TPSA) is 92.3 Å². The first kappa shape index (κ1) is 17.9. The first-order valence-electron chi connectivity index (χ1n) is 7.34. The van der Waals surface area contributed by atoms with E-state index in [2.05, 4.69) is 15.3 Å². The monoisotopic (exact) mass is 348 g/mol. The highest BCUT2D eigenvalue weighted by Gasteiger charge is 2.20. The summed E-state index contributed by atoms with van der Waals surface area (Å²) in [5.41, 5.74) is 2.85. The van der Waals surface area contributed by atoms with E-state index in [1.165, 1.54) is 0 Å². The van der Waals surface area contributed by atoms with Gasteiger partial charge in [-0.15, -0.1) is 0 Å². The molecule has 128 valence electrons. The first-order chi connectivity index (χ1) is 11.3.